The molecule has 31 heavy (non-hydrogen) atoms. The van der Waals surface area contributed by atoms with E-state index in [1.165, 1.54) is 6.08 Å². The lowest BCUT2D eigenvalue weighted by Gasteiger charge is -2.37. The largest absolute Gasteiger partial charge is 0.497 e. The number of rotatable bonds is 7. The van der Waals surface area contributed by atoms with Gasteiger partial charge in [-0.25, -0.2) is 13.9 Å². The van der Waals surface area contributed by atoms with E-state index in [1.807, 2.05) is 23.8 Å². The molecule has 1 spiro atoms. The van der Waals surface area contributed by atoms with Crippen LogP contribution in [0, 0.1) is 5.92 Å². The maximum atomic E-state index is 13.1. The first-order valence-electron chi connectivity index (χ1n) is 9.85. The van der Waals surface area contributed by atoms with E-state index in [9.17, 15) is 13.2 Å². The van der Waals surface area contributed by atoms with Crippen LogP contribution >= 0.6 is 11.8 Å². The van der Waals surface area contributed by atoms with Gasteiger partial charge in [0.1, 0.15) is 10.3 Å². The van der Waals surface area contributed by atoms with Crippen molar-refractivity contribution in [2.75, 3.05) is 13.7 Å². The van der Waals surface area contributed by atoms with Crippen molar-refractivity contribution in [1.82, 2.24) is 5.48 Å². The van der Waals surface area contributed by atoms with Crippen molar-refractivity contribution >= 4 is 34.2 Å². The number of amides is 1. The maximum absolute atomic E-state index is 13.1. The molecule has 3 atom stereocenters. The zero-order valence-electron chi connectivity index (χ0n) is 17.3. The van der Waals surface area contributed by atoms with Crippen molar-refractivity contribution in [3.63, 3.8) is 0 Å². The molecule has 9 heteroatoms. The van der Waals surface area contributed by atoms with Crippen molar-refractivity contribution in [3.05, 3.63) is 60.8 Å². The molecule has 3 aliphatic rings. The Hall–Kier alpha value is -2.36. The Morgan fingerprint density at radius 2 is 2.13 bits per heavy atom. The van der Waals surface area contributed by atoms with E-state index in [4.69, 9.17) is 4.74 Å². The number of allylic oxidation sites excluding steroid dienone is 3. The fourth-order valence-corrected chi connectivity index (χ4v) is 8.18. The molecule has 1 saturated heterocycles. The summed E-state index contributed by atoms with van der Waals surface area (Å²) in [6, 6.07) is 6.69. The Bertz CT molecular complexity index is 978. The van der Waals surface area contributed by atoms with Gasteiger partial charge in [-0.2, -0.15) is 0 Å². The summed E-state index contributed by atoms with van der Waals surface area (Å²) in [6.45, 7) is 3.70. The van der Waals surface area contributed by atoms with Crippen LogP contribution in [-0.4, -0.2) is 44.1 Å². The average Bonchev–Trinajstić information content (AvgIpc) is 3.19. The molecule has 1 fully saturated rings. The number of carbonyl (C=O) groups excluding carboxylic acids is 1. The summed E-state index contributed by atoms with van der Waals surface area (Å²) in [7, 11) is -1.80. The second-order valence-electron chi connectivity index (χ2n) is 7.16. The molecule has 0 aromatic heterocycles. The lowest BCUT2D eigenvalue weighted by molar-refractivity contribution is -0.119. The molecule has 4 rings (SSSR count). The van der Waals surface area contributed by atoms with Crippen LogP contribution in [0.4, 0.5) is 0 Å². The third kappa shape index (κ3) is 4.94. The lowest BCUT2D eigenvalue weighted by atomic mass is 9.79. The third-order valence-corrected chi connectivity index (χ3v) is 9.86. The van der Waals surface area contributed by atoms with Crippen LogP contribution in [0.3, 0.4) is 0 Å². The van der Waals surface area contributed by atoms with Gasteiger partial charge in [-0.05, 0) is 55.5 Å². The third-order valence-electron chi connectivity index (χ3n) is 5.41. The van der Waals surface area contributed by atoms with E-state index in [2.05, 4.69) is 22.5 Å². The van der Waals surface area contributed by atoms with Gasteiger partial charge in [0.25, 0.3) is 0 Å². The fourth-order valence-electron chi connectivity index (χ4n) is 3.90. The van der Waals surface area contributed by atoms with Crippen LogP contribution in [0.1, 0.15) is 19.3 Å². The van der Waals surface area contributed by atoms with Gasteiger partial charge >= 0.3 is 0 Å². The molecule has 0 bridgehead atoms. The first-order chi connectivity index (χ1) is 15.0. The van der Waals surface area contributed by atoms with Crippen molar-refractivity contribution in [1.29, 1.82) is 0 Å². The van der Waals surface area contributed by atoms with Gasteiger partial charge < -0.3 is 4.74 Å². The predicted octanol–water partition coefficient (Wildman–Crippen LogP) is 3.46. The predicted molar refractivity (Wildman–Crippen MR) is 123 cm³/mol. The zero-order chi connectivity index (χ0) is 22.3. The first kappa shape index (κ1) is 23.3. The second-order valence-corrected chi connectivity index (χ2v) is 11.1. The molecule has 3 unspecified atom stereocenters. The van der Waals surface area contributed by atoms with Gasteiger partial charge in [0, 0.05) is 6.21 Å². The van der Waals surface area contributed by atoms with Crippen LogP contribution in [0.5, 0.6) is 5.75 Å². The van der Waals surface area contributed by atoms with Crippen LogP contribution in [0.25, 0.3) is 0 Å². The summed E-state index contributed by atoms with van der Waals surface area (Å²) in [4.78, 5) is 18.7. The molecule has 1 aromatic rings. The number of hydroxylamine groups is 1. The highest BCUT2D eigenvalue weighted by atomic mass is 32.3. The van der Waals surface area contributed by atoms with Crippen LogP contribution in [0.15, 0.2) is 70.7 Å². The van der Waals surface area contributed by atoms with Crippen LogP contribution < -0.4 is 10.2 Å². The minimum absolute atomic E-state index is 0.173. The monoisotopic (exact) mass is 462 g/mol. The van der Waals surface area contributed by atoms with Crippen molar-refractivity contribution in [3.8, 4) is 5.75 Å². The van der Waals surface area contributed by atoms with Gasteiger partial charge in [0.15, 0.2) is 9.84 Å². The van der Waals surface area contributed by atoms with Gasteiger partial charge in [-0.3, -0.25) is 14.6 Å². The number of nitrogens with zero attached hydrogens (tertiary/aromatic N) is 1. The quantitative estimate of drug-likeness (QED) is 0.289. The van der Waals surface area contributed by atoms with E-state index in [0.717, 1.165) is 18.5 Å². The van der Waals surface area contributed by atoms with Crippen LogP contribution in [-0.2, 0) is 19.5 Å². The van der Waals surface area contributed by atoms with Gasteiger partial charge in [0.2, 0.25) is 6.41 Å². The molecule has 2 aliphatic heterocycles. The summed E-state index contributed by atoms with van der Waals surface area (Å²) in [5.74, 6) is 0.991. The summed E-state index contributed by atoms with van der Waals surface area (Å²) in [5.41, 5.74) is 3.02. The molecule has 1 N–H and O–H groups in total. The van der Waals surface area contributed by atoms with E-state index < -0.39 is 14.4 Å². The van der Waals surface area contributed by atoms with E-state index in [0.29, 0.717) is 36.0 Å². The summed E-state index contributed by atoms with van der Waals surface area (Å²) >= 11 is 1.59. The minimum atomic E-state index is -3.38. The lowest BCUT2D eigenvalue weighted by Crippen LogP contribution is -2.35. The number of benzene rings is 1. The molecule has 1 aliphatic carbocycles. The van der Waals surface area contributed by atoms with E-state index in [-0.39, 0.29) is 4.75 Å². The number of carbonyl (C=O) groups is 1. The normalized spacial score (nSPS) is 25.9. The Labute approximate surface area is 187 Å². The topological polar surface area (TPSA) is 94.1 Å². The maximum Gasteiger partial charge on any atom is 0.230 e. The molecule has 7 nitrogen and oxygen atoms in total. The standard InChI is InChI=1S/C18H19NO3S2.C4H7NO2/c1-22-14-5-7-15(8-6-14)24(20,21)17-12-13-9-11-19-16-4-2-3-10-18(13,16)23-17;1-2-3-7-5-4-6/h2-8,11,13,17H,9-10,12H2,1H3;2,4H,1,3H2,(H,5,6). The molecule has 1 aromatic carbocycles. The average molecular weight is 463 g/mol. The van der Waals surface area contributed by atoms with Gasteiger partial charge in [-0.15, -0.1) is 18.3 Å². The minimum Gasteiger partial charge on any atom is -0.497 e. The van der Waals surface area contributed by atoms with E-state index in [1.54, 1.807) is 43.1 Å². The fraction of sp³-hybridized carbons (Fsp3) is 0.364. The van der Waals surface area contributed by atoms with Gasteiger partial charge in [0.05, 0.1) is 29.1 Å². The molecule has 0 radical (unpaired) electrons. The van der Waals surface area contributed by atoms with Gasteiger partial charge in [-0.1, -0.05) is 18.2 Å². The number of thioether (sulfide) groups is 1. The Morgan fingerprint density at radius 3 is 2.81 bits per heavy atom. The SMILES string of the molecule is C=CCONC=O.COc1ccc(S(=O)(=O)C2CC3CC=NC4=CC=CCC43S2)cc1. The zero-order valence-corrected chi connectivity index (χ0v) is 18.9. The number of nitrogens with one attached hydrogen (secondary N) is 1. The summed E-state index contributed by atoms with van der Waals surface area (Å²) in [5, 5.41) is 0. The van der Waals surface area contributed by atoms with Crippen molar-refractivity contribution in [2.45, 2.75) is 33.5 Å². The Kier molecular flexibility index (Phi) is 7.74. The molecule has 0 saturated carbocycles. The number of methoxy groups -OCH3 is 1. The highest BCUT2D eigenvalue weighted by Crippen LogP contribution is 2.59. The summed E-state index contributed by atoms with van der Waals surface area (Å²) in [6.07, 6.45) is 12.5. The van der Waals surface area contributed by atoms with Crippen molar-refractivity contribution in [2.24, 2.45) is 10.9 Å². The highest BCUT2D eigenvalue weighted by molar-refractivity contribution is 8.14. The summed E-state index contributed by atoms with van der Waals surface area (Å²) < 4.78 is 30.7. The molecule has 2 heterocycles. The number of sulfone groups is 1. The Balaban J connectivity index is 0.000000339. The number of hydrogen-bond acceptors (Lipinski definition) is 7. The first-order valence-corrected chi connectivity index (χ1v) is 12.3. The second kappa shape index (κ2) is 10.3. The highest BCUT2D eigenvalue weighted by Gasteiger charge is 2.54. The molecular formula is C22H26N2O5S2. The number of hydrogen-bond donors (Lipinski definition) is 1. The smallest absolute Gasteiger partial charge is 0.230 e. The number of ether oxygens (including phenoxy) is 1. The van der Waals surface area contributed by atoms with Crippen molar-refractivity contribution < 1.29 is 22.8 Å². The van der Waals surface area contributed by atoms with E-state index >= 15 is 0 Å². The molecule has 1 amide bonds. The molecule has 166 valence electrons. The molecular weight excluding hydrogens is 436 g/mol. The Morgan fingerprint density at radius 1 is 1.35 bits per heavy atom. The number of aliphatic imine (C=N–C) groups is 1. The van der Waals surface area contributed by atoms with Crippen LogP contribution in [0.2, 0.25) is 0 Å².